The number of Topliss-reactive ketones (excluding diaryl/α,β-unsaturated/α-hetero) is 1. The van der Waals surface area contributed by atoms with Crippen molar-refractivity contribution >= 4 is 20.1 Å². The molecule has 5 atom stereocenters. The minimum atomic E-state index is -1.97. The first kappa shape index (κ1) is 22.6. The van der Waals surface area contributed by atoms with E-state index in [9.17, 15) is 9.59 Å². The van der Waals surface area contributed by atoms with E-state index >= 15 is 0 Å². The predicted molar refractivity (Wildman–Crippen MR) is 111 cm³/mol. The third-order valence-electron chi connectivity index (χ3n) is 7.70. The summed E-state index contributed by atoms with van der Waals surface area (Å²) in [6.07, 6.45) is 3.99. The average Bonchev–Trinajstić information content (AvgIpc) is 2.83. The highest BCUT2D eigenvalue weighted by atomic mass is 28.4. The highest BCUT2D eigenvalue weighted by Crippen LogP contribution is 2.55. The van der Waals surface area contributed by atoms with Gasteiger partial charge in [0.25, 0.3) is 0 Å². The van der Waals surface area contributed by atoms with Crippen molar-refractivity contribution in [3.8, 4) is 0 Å². The van der Waals surface area contributed by atoms with Gasteiger partial charge in [0.1, 0.15) is 5.78 Å². The summed E-state index contributed by atoms with van der Waals surface area (Å²) < 4.78 is 12.0. The van der Waals surface area contributed by atoms with Crippen molar-refractivity contribution < 1.29 is 18.8 Å². The fraction of sp³-hybridized carbons (Fsp3) is 0.909. The van der Waals surface area contributed by atoms with Crippen LogP contribution in [0.2, 0.25) is 18.1 Å². The van der Waals surface area contributed by atoms with Gasteiger partial charge in [0, 0.05) is 5.92 Å². The van der Waals surface area contributed by atoms with Gasteiger partial charge in [-0.2, -0.15) is 0 Å². The largest absolute Gasteiger partial charge is 0.466 e. The fourth-order valence-corrected chi connectivity index (χ4v) is 6.38. The van der Waals surface area contributed by atoms with Crippen molar-refractivity contribution in [3.05, 3.63) is 0 Å². The molecule has 0 radical (unpaired) electrons. The van der Waals surface area contributed by atoms with Gasteiger partial charge in [0.2, 0.25) is 0 Å². The summed E-state index contributed by atoms with van der Waals surface area (Å²) in [7, 11) is -1.97. The zero-order valence-corrected chi connectivity index (χ0v) is 19.7. The Labute approximate surface area is 166 Å². The predicted octanol–water partition coefficient (Wildman–Crippen LogP) is 5.36. The number of carbonyl (C=O) groups is 2. The molecule has 0 aromatic rings. The van der Waals surface area contributed by atoms with Crippen molar-refractivity contribution in [2.24, 2.45) is 23.2 Å². The zero-order chi connectivity index (χ0) is 20.6. The Bertz CT molecular complexity index is 565. The van der Waals surface area contributed by atoms with Crippen molar-refractivity contribution in [2.75, 3.05) is 6.61 Å². The molecule has 2 rings (SSSR count). The first-order valence-corrected chi connectivity index (χ1v) is 13.6. The second-order valence-electron chi connectivity index (χ2n) is 10.5. The lowest BCUT2D eigenvalue weighted by Crippen LogP contribution is -2.51. The van der Waals surface area contributed by atoms with Gasteiger partial charge in [-0.1, -0.05) is 27.7 Å². The van der Waals surface area contributed by atoms with E-state index in [2.05, 4.69) is 47.7 Å². The molecule has 5 heteroatoms. The monoisotopic (exact) mass is 396 g/mol. The summed E-state index contributed by atoms with van der Waals surface area (Å²) in [5.41, 5.74) is -0.484. The molecule has 27 heavy (non-hydrogen) atoms. The Hall–Kier alpha value is -0.683. The van der Waals surface area contributed by atoms with Crippen LogP contribution in [0.4, 0.5) is 0 Å². The van der Waals surface area contributed by atoms with Crippen LogP contribution < -0.4 is 0 Å². The number of ether oxygens (including phenoxy) is 1. The summed E-state index contributed by atoms with van der Waals surface area (Å²) in [5, 5.41) is 0.116. The first-order chi connectivity index (χ1) is 12.3. The third kappa shape index (κ3) is 4.34. The van der Waals surface area contributed by atoms with Gasteiger partial charge in [-0.3, -0.25) is 9.59 Å². The number of hydrogen-bond donors (Lipinski definition) is 0. The number of esters is 1. The van der Waals surface area contributed by atoms with Gasteiger partial charge in [0.15, 0.2) is 8.32 Å². The van der Waals surface area contributed by atoms with Crippen LogP contribution in [0.1, 0.15) is 73.6 Å². The van der Waals surface area contributed by atoms with Crippen LogP contribution in [-0.4, -0.2) is 32.8 Å². The first-order valence-electron chi connectivity index (χ1n) is 10.7. The molecule has 0 spiro atoms. The lowest BCUT2D eigenvalue weighted by Gasteiger charge is -2.44. The molecule has 2 fully saturated rings. The van der Waals surface area contributed by atoms with Crippen molar-refractivity contribution in [1.82, 2.24) is 0 Å². The molecule has 4 nitrogen and oxygen atoms in total. The molecule has 0 saturated heterocycles. The summed E-state index contributed by atoms with van der Waals surface area (Å²) in [6, 6.07) is 0. The van der Waals surface area contributed by atoms with E-state index < -0.39 is 13.7 Å². The van der Waals surface area contributed by atoms with Crippen LogP contribution in [0, 0.1) is 23.2 Å². The number of fused-ring (bicyclic) bond motifs is 1. The van der Waals surface area contributed by atoms with Crippen LogP contribution in [0.5, 0.6) is 0 Å². The number of rotatable bonds is 5. The van der Waals surface area contributed by atoms with Gasteiger partial charge < -0.3 is 9.16 Å². The maximum Gasteiger partial charge on any atom is 0.306 e. The van der Waals surface area contributed by atoms with Gasteiger partial charge in [-0.15, -0.1) is 0 Å². The molecule has 0 aromatic carbocycles. The van der Waals surface area contributed by atoms with Crippen molar-refractivity contribution in [2.45, 2.75) is 97.9 Å². The zero-order valence-electron chi connectivity index (χ0n) is 18.7. The van der Waals surface area contributed by atoms with Gasteiger partial charge in [0.05, 0.1) is 24.5 Å². The van der Waals surface area contributed by atoms with Gasteiger partial charge in [-0.05, 0) is 69.5 Å². The second kappa shape index (κ2) is 7.98. The molecular formula is C22H40O4Si. The van der Waals surface area contributed by atoms with Crippen LogP contribution in [0.25, 0.3) is 0 Å². The topological polar surface area (TPSA) is 52.6 Å². The smallest absolute Gasteiger partial charge is 0.306 e. The number of ketones is 1. The lowest BCUT2D eigenvalue weighted by atomic mass is 9.69. The SMILES string of the molecule is CCOC(=O)C[C@@H]1CC[C@H](C)[C@H]2CC[C@H](O[Si](C)(C)C(C)(C)C)[C@@]2(C)C1=O. The van der Waals surface area contributed by atoms with Crippen molar-refractivity contribution in [3.63, 3.8) is 0 Å². The maximum atomic E-state index is 13.7. The van der Waals surface area contributed by atoms with E-state index in [1.165, 1.54) is 0 Å². The lowest BCUT2D eigenvalue weighted by molar-refractivity contribution is -0.149. The fourth-order valence-electron chi connectivity index (χ4n) is 4.95. The minimum absolute atomic E-state index is 0.0267. The number of hydrogen-bond acceptors (Lipinski definition) is 4. The molecule has 2 aliphatic carbocycles. The normalized spacial score (nSPS) is 34.9. The van der Waals surface area contributed by atoms with E-state index in [-0.39, 0.29) is 35.2 Å². The highest BCUT2D eigenvalue weighted by molar-refractivity contribution is 6.74. The molecule has 2 saturated carbocycles. The molecule has 2 aliphatic rings. The molecular weight excluding hydrogens is 356 g/mol. The molecule has 0 aromatic heterocycles. The highest BCUT2D eigenvalue weighted by Gasteiger charge is 2.58. The molecule has 0 bridgehead atoms. The molecule has 156 valence electrons. The molecule has 0 aliphatic heterocycles. The van der Waals surface area contributed by atoms with Crippen molar-refractivity contribution in [1.29, 1.82) is 0 Å². The molecule has 0 N–H and O–H groups in total. The maximum absolute atomic E-state index is 13.7. The van der Waals surface area contributed by atoms with E-state index in [1.54, 1.807) is 0 Å². The van der Waals surface area contributed by atoms with Crippen LogP contribution in [-0.2, 0) is 18.8 Å². The van der Waals surface area contributed by atoms with E-state index in [4.69, 9.17) is 9.16 Å². The van der Waals surface area contributed by atoms with Crippen LogP contribution in [0.15, 0.2) is 0 Å². The van der Waals surface area contributed by atoms with E-state index in [0.29, 0.717) is 18.4 Å². The Balaban J connectivity index is 2.31. The Kier molecular flexibility index (Phi) is 6.68. The Morgan fingerprint density at radius 1 is 1.19 bits per heavy atom. The van der Waals surface area contributed by atoms with Gasteiger partial charge in [-0.25, -0.2) is 0 Å². The second-order valence-corrected chi connectivity index (χ2v) is 15.2. The summed E-state index contributed by atoms with van der Waals surface area (Å²) in [5.74, 6) is 0.604. The minimum Gasteiger partial charge on any atom is -0.466 e. The van der Waals surface area contributed by atoms with Crippen LogP contribution in [0.3, 0.4) is 0 Å². The molecule has 0 heterocycles. The molecule has 0 unspecified atom stereocenters. The average molecular weight is 397 g/mol. The quantitative estimate of drug-likeness (QED) is 0.463. The standard InChI is InChI=1S/C22H40O4Si/c1-9-25-19(23)14-16-11-10-15(2)17-12-13-18(22(17,6)20(16)24)26-27(7,8)21(3,4)5/h15-18H,9-14H2,1-8H3/t15-,16-,17+,18-,22-/m0/s1. The van der Waals surface area contributed by atoms with E-state index in [0.717, 1.165) is 25.7 Å². The molecule has 0 amide bonds. The third-order valence-corrected chi connectivity index (χ3v) is 12.2. The Morgan fingerprint density at radius 2 is 1.81 bits per heavy atom. The summed E-state index contributed by atoms with van der Waals surface area (Å²) in [4.78, 5) is 25.8. The number of carbonyl (C=O) groups excluding carboxylic acids is 2. The Morgan fingerprint density at radius 3 is 2.37 bits per heavy atom. The van der Waals surface area contributed by atoms with Gasteiger partial charge >= 0.3 is 5.97 Å². The van der Waals surface area contributed by atoms with E-state index in [1.807, 2.05) is 6.92 Å². The van der Waals surface area contributed by atoms with Crippen LogP contribution >= 0.6 is 0 Å². The summed E-state index contributed by atoms with van der Waals surface area (Å²) in [6.45, 7) is 17.9. The summed E-state index contributed by atoms with van der Waals surface area (Å²) >= 11 is 0.